The Kier molecular flexibility index (Phi) is 67.9. The molecule has 0 aliphatic rings. The smallest absolute Gasteiger partial charge is 0.305 e. The van der Waals surface area contributed by atoms with Gasteiger partial charge in [-0.1, -0.05) is 339 Å². The van der Waals surface area contributed by atoms with Gasteiger partial charge in [0.05, 0.1) is 25.4 Å². The molecule has 0 aromatic heterocycles. The lowest BCUT2D eigenvalue weighted by atomic mass is 10.0. The molecule has 2 atom stereocenters. The molecule has 0 rings (SSSR count). The van der Waals surface area contributed by atoms with Gasteiger partial charge < -0.3 is 20.3 Å². The summed E-state index contributed by atoms with van der Waals surface area (Å²) in [7, 11) is 0. The van der Waals surface area contributed by atoms with E-state index in [2.05, 4.69) is 43.5 Å². The number of carbonyl (C=O) groups excluding carboxylic acids is 2. The van der Waals surface area contributed by atoms with Crippen molar-refractivity contribution in [1.29, 1.82) is 0 Å². The van der Waals surface area contributed by atoms with Crippen molar-refractivity contribution in [2.24, 2.45) is 0 Å². The average molecular weight is 1120 g/mol. The van der Waals surface area contributed by atoms with Gasteiger partial charge in [0.2, 0.25) is 5.91 Å². The van der Waals surface area contributed by atoms with E-state index in [1.807, 2.05) is 6.08 Å². The first-order valence-corrected chi connectivity index (χ1v) is 36.3. The zero-order valence-corrected chi connectivity index (χ0v) is 54.1. The molecule has 0 heterocycles. The molecule has 2 unspecified atom stereocenters. The fourth-order valence-corrected chi connectivity index (χ4v) is 11.3. The van der Waals surface area contributed by atoms with Gasteiger partial charge in [0, 0.05) is 12.8 Å². The van der Waals surface area contributed by atoms with Gasteiger partial charge in [-0.25, -0.2) is 0 Å². The van der Waals surface area contributed by atoms with Crippen molar-refractivity contribution in [3.8, 4) is 0 Å². The van der Waals surface area contributed by atoms with Crippen molar-refractivity contribution in [2.45, 2.75) is 411 Å². The highest BCUT2D eigenvalue weighted by Crippen LogP contribution is 2.19. The van der Waals surface area contributed by atoms with E-state index in [0.717, 1.165) is 44.9 Å². The summed E-state index contributed by atoms with van der Waals surface area (Å²) in [5, 5.41) is 23.3. The molecule has 0 aromatic carbocycles. The van der Waals surface area contributed by atoms with Crippen LogP contribution in [0.25, 0.3) is 0 Å². The number of ether oxygens (including phenoxy) is 1. The number of esters is 1. The van der Waals surface area contributed by atoms with E-state index >= 15 is 0 Å². The van der Waals surface area contributed by atoms with E-state index in [1.54, 1.807) is 6.08 Å². The first-order chi connectivity index (χ1) is 39.5. The second-order valence-electron chi connectivity index (χ2n) is 24.9. The SMILES string of the molecule is CCCCCC/C=C\CCCCCCCC(=O)OCCCCCCCCCCCCCC/C=C\CCCCCCCCCCCC(=O)NC(CO)C(O)/C=C/CCCCCCCCCCCCCCCCCCCCCCCCC. The summed E-state index contributed by atoms with van der Waals surface area (Å²) in [5.41, 5.74) is 0. The molecule has 0 saturated carbocycles. The molecule has 0 bridgehead atoms. The number of carbonyl (C=O) groups is 2. The molecule has 6 heteroatoms. The summed E-state index contributed by atoms with van der Waals surface area (Å²) in [4.78, 5) is 24.6. The van der Waals surface area contributed by atoms with Crippen molar-refractivity contribution in [3.63, 3.8) is 0 Å². The maximum absolute atomic E-state index is 12.5. The van der Waals surface area contributed by atoms with E-state index in [4.69, 9.17) is 4.74 Å². The summed E-state index contributed by atoms with van der Waals surface area (Å²) < 4.78 is 5.48. The number of amides is 1. The molecule has 0 aromatic rings. The molecule has 3 N–H and O–H groups in total. The Morgan fingerprint density at radius 3 is 0.900 bits per heavy atom. The molecule has 0 aliphatic heterocycles. The minimum Gasteiger partial charge on any atom is -0.466 e. The normalized spacial score (nSPS) is 12.7. The molecule has 0 radical (unpaired) electrons. The number of rotatable bonds is 68. The van der Waals surface area contributed by atoms with E-state index in [0.29, 0.717) is 19.4 Å². The van der Waals surface area contributed by atoms with Gasteiger partial charge in [0.1, 0.15) is 0 Å². The van der Waals surface area contributed by atoms with Gasteiger partial charge in [-0.2, -0.15) is 0 Å². The maximum Gasteiger partial charge on any atom is 0.305 e. The van der Waals surface area contributed by atoms with E-state index in [1.165, 1.54) is 327 Å². The number of hydrogen-bond donors (Lipinski definition) is 3. The fraction of sp³-hybridized carbons (Fsp3) is 0.892. The molecular formula is C74H141NO5. The van der Waals surface area contributed by atoms with Crippen molar-refractivity contribution in [3.05, 3.63) is 36.5 Å². The van der Waals surface area contributed by atoms with Gasteiger partial charge in [0.15, 0.2) is 0 Å². The lowest BCUT2D eigenvalue weighted by molar-refractivity contribution is -0.143. The third kappa shape index (κ3) is 65.2. The Balaban J connectivity index is 3.43. The lowest BCUT2D eigenvalue weighted by Gasteiger charge is -2.20. The average Bonchev–Trinajstić information content (AvgIpc) is 3.46. The van der Waals surface area contributed by atoms with Crippen LogP contribution in [0.4, 0.5) is 0 Å². The molecule has 6 nitrogen and oxygen atoms in total. The van der Waals surface area contributed by atoms with Gasteiger partial charge in [-0.15, -0.1) is 0 Å². The first-order valence-electron chi connectivity index (χ1n) is 36.3. The van der Waals surface area contributed by atoms with Crippen LogP contribution >= 0.6 is 0 Å². The Labute approximate surface area is 500 Å². The van der Waals surface area contributed by atoms with E-state index in [-0.39, 0.29) is 18.5 Å². The largest absolute Gasteiger partial charge is 0.466 e. The summed E-state index contributed by atoms with van der Waals surface area (Å²) in [6.07, 6.45) is 89.4. The third-order valence-electron chi connectivity index (χ3n) is 16.9. The quantitative estimate of drug-likeness (QED) is 0.0320. The number of unbranched alkanes of at least 4 members (excludes halogenated alkanes) is 53. The topological polar surface area (TPSA) is 95.9 Å². The van der Waals surface area contributed by atoms with Crippen LogP contribution in [0.15, 0.2) is 36.5 Å². The van der Waals surface area contributed by atoms with Crippen LogP contribution in [-0.4, -0.2) is 47.4 Å². The van der Waals surface area contributed by atoms with Gasteiger partial charge in [-0.3, -0.25) is 9.59 Å². The number of allylic oxidation sites excluding steroid dienone is 5. The van der Waals surface area contributed by atoms with Crippen LogP contribution in [-0.2, 0) is 14.3 Å². The van der Waals surface area contributed by atoms with Crippen molar-refractivity contribution in [1.82, 2.24) is 5.32 Å². The number of aliphatic hydroxyl groups is 2. The second kappa shape index (κ2) is 69.6. The van der Waals surface area contributed by atoms with Crippen molar-refractivity contribution >= 4 is 11.9 Å². The molecule has 0 fully saturated rings. The number of hydrogen-bond acceptors (Lipinski definition) is 5. The van der Waals surface area contributed by atoms with Crippen LogP contribution in [0.5, 0.6) is 0 Å². The summed E-state index contributed by atoms with van der Waals surface area (Å²) in [6.45, 7) is 4.92. The molecule has 472 valence electrons. The molecule has 0 spiro atoms. The maximum atomic E-state index is 12.5. The highest BCUT2D eigenvalue weighted by Gasteiger charge is 2.18. The monoisotopic (exact) mass is 1120 g/mol. The molecule has 0 aliphatic carbocycles. The van der Waals surface area contributed by atoms with Gasteiger partial charge in [-0.05, 0) is 83.5 Å². The minimum absolute atomic E-state index is 0.00428. The number of nitrogens with one attached hydrogen (secondary N) is 1. The Morgan fingerprint density at radius 2 is 0.588 bits per heavy atom. The fourth-order valence-electron chi connectivity index (χ4n) is 11.3. The summed E-state index contributed by atoms with van der Waals surface area (Å²) in [5.74, 6) is -0.0626. The zero-order valence-electron chi connectivity index (χ0n) is 54.1. The molecule has 0 saturated heterocycles. The summed E-state index contributed by atoms with van der Waals surface area (Å²) >= 11 is 0. The Bertz CT molecular complexity index is 1300. The lowest BCUT2D eigenvalue weighted by Crippen LogP contribution is -2.45. The van der Waals surface area contributed by atoms with Gasteiger partial charge >= 0.3 is 5.97 Å². The highest BCUT2D eigenvalue weighted by atomic mass is 16.5. The van der Waals surface area contributed by atoms with Crippen molar-refractivity contribution in [2.75, 3.05) is 13.2 Å². The zero-order chi connectivity index (χ0) is 57.8. The van der Waals surface area contributed by atoms with Crippen LogP contribution in [0.1, 0.15) is 399 Å². The predicted octanol–water partition coefficient (Wildman–Crippen LogP) is 23.5. The Hall–Kier alpha value is -1.92. The van der Waals surface area contributed by atoms with Crippen LogP contribution in [0.2, 0.25) is 0 Å². The van der Waals surface area contributed by atoms with Gasteiger partial charge in [0.25, 0.3) is 0 Å². The highest BCUT2D eigenvalue weighted by molar-refractivity contribution is 5.76. The number of aliphatic hydroxyl groups excluding tert-OH is 2. The van der Waals surface area contributed by atoms with E-state index in [9.17, 15) is 19.8 Å². The minimum atomic E-state index is -0.848. The predicted molar refractivity (Wildman–Crippen MR) is 352 cm³/mol. The van der Waals surface area contributed by atoms with Crippen molar-refractivity contribution < 1.29 is 24.5 Å². The van der Waals surface area contributed by atoms with Crippen LogP contribution in [0.3, 0.4) is 0 Å². The standard InChI is InChI=1S/C74H141NO5/c1-3-5-7-9-11-13-15-17-18-19-20-21-22-24-27-30-33-36-39-43-46-50-54-58-62-66-72(77)71(70-76)75-73(78)67-63-59-55-51-47-44-40-37-34-31-28-25-23-26-29-32-35-38-41-45-49-53-57-61-65-69-80-74(79)68-64-60-56-52-48-42-16-14-12-10-8-6-4-2/h14,16,25,28,62,66,71-72,76-77H,3-13,15,17-24,26-27,29-61,63-65,67-70H2,1-2H3,(H,75,78)/b16-14-,28-25-,66-62+. The molecular weight excluding hydrogens is 983 g/mol. The van der Waals surface area contributed by atoms with Crippen LogP contribution < -0.4 is 5.32 Å². The first kappa shape index (κ1) is 78.1. The molecule has 1 amide bonds. The van der Waals surface area contributed by atoms with E-state index < -0.39 is 12.1 Å². The Morgan fingerprint density at radius 1 is 0.338 bits per heavy atom. The second-order valence-corrected chi connectivity index (χ2v) is 24.9. The molecule has 80 heavy (non-hydrogen) atoms. The summed E-state index contributed by atoms with van der Waals surface area (Å²) in [6, 6.07) is -0.632. The van der Waals surface area contributed by atoms with Crippen LogP contribution in [0, 0.1) is 0 Å². The third-order valence-corrected chi connectivity index (χ3v) is 16.9.